The largest absolute Gasteiger partial charge is 0.460 e. The summed E-state index contributed by atoms with van der Waals surface area (Å²) in [5.74, 6) is -1.21. The maximum Gasteiger partial charge on any atom is 0.341 e. The maximum absolute atomic E-state index is 13.3. The second kappa shape index (κ2) is 6.23. The van der Waals surface area contributed by atoms with Gasteiger partial charge in [-0.15, -0.1) is 0 Å². The van der Waals surface area contributed by atoms with Gasteiger partial charge in [-0.2, -0.15) is 0 Å². The van der Waals surface area contributed by atoms with Gasteiger partial charge in [0, 0.05) is 6.61 Å². The molecule has 0 unspecified atom stereocenters. The molecular formula is C12H15FO3. The number of aryl methyl sites for hydroxylation is 1. The van der Waals surface area contributed by atoms with E-state index in [1.54, 1.807) is 13.0 Å². The van der Waals surface area contributed by atoms with E-state index in [1.807, 2.05) is 6.92 Å². The van der Waals surface area contributed by atoms with E-state index in [0.717, 1.165) is 5.56 Å². The van der Waals surface area contributed by atoms with Crippen LogP contribution in [0.3, 0.4) is 0 Å². The maximum atomic E-state index is 13.3. The first-order chi connectivity index (χ1) is 7.65. The van der Waals surface area contributed by atoms with E-state index in [1.165, 1.54) is 12.1 Å². The fourth-order valence-corrected chi connectivity index (χ4v) is 1.21. The Balaban J connectivity index is 2.55. The van der Waals surface area contributed by atoms with Gasteiger partial charge in [-0.1, -0.05) is 11.6 Å². The second-order valence-corrected chi connectivity index (χ2v) is 3.32. The third-order valence-electron chi connectivity index (χ3n) is 2.01. The number of rotatable bonds is 5. The molecular weight excluding hydrogens is 211 g/mol. The molecule has 0 fully saturated rings. The molecule has 0 aromatic heterocycles. The summed E-state index contributed by atoms with van der Waals surface area (Å²) < 4.78 is 23.1. The first kappa shape index (κ1) is 12.6. The summed E-state index contributed by atoms with van der Waals surface area (Å²) in [5.41, 5.74) is 0.787. The molecule has 0 saturated heterocycles. The highest BCUT2D eigenvalue weighted by molar-refractivity contribution is 5.89. The molecule has 0 heterocycles. The molecule has 16 heavy (non-hydrogen) atoms. The Hall–Kier alpha value is -1.42. The van der Waals surface area contributed by atoms with E-state index >= 15 is 0 Å². The van der Waals surface area contributed by atoms with Crippen molar-refractivity contribution in [3.63, 3.8) is 0 Å². The minimum Gasteiger partial charge on any atom is -0.460 e. The Labute approximate surface area is 94.2 Å². The normalized spacial score (nSPS) is 10.2. The van der Waals surface area contributed by atoms with Gasteiger partial charge in [0.2, 0.25) is 0 Å². The van der Waals surface area contributed by atoms with Crippen LogP contribution >= 0.6 is 0 Å². The fraction of sp³-hybridized carbons (Fsp3) is 0.417. The summed E-state index contributed by atoms with van der Waals surface area (Å²) in [4.78, 5) is 11.5. The van der Waals surface area contributed by atoms with Gasteiger partial charge in [-0.3, -0.25) is 0 Å². The molecule has 0 bridgehead atoms. The minimum atomic E-state index is -0.652. The van der Waals surface area contributed by atoms with Gasteiger partial charge in [-0.25, -0.2) is 9.18 Å². The number of esters is 1. The van der Waals surface area contributed by atoms with Crippen LogP contribution in [0.5, 0.6) is 0 Å². The van der Waals surface area contributed by atoms with E-state index in [9.17, 15) is 9.18 Å². The molecule has 0 N–H and O–H groups in total. The summed E-state index contributed by atoms with van der Waals surface area (Å²) in [6.45, 7) is 4.67. The van der Waals surface area contributed by atoms with E-state index in [4.69, 9.17) is 9.47 Å². The molecule has 4 heteroatoms. The van der Waals surface area contributed by atoms with E-state index in [0.29, 0.717) is 13.2 Å². The summed E-state index contributed by atoms with van der Waals surface area (Å²) in [7, 11) is 0. The van der Waals surface area contributed by atoms with Gasteiger partial charge in [0.25, 0.3) is 0 Å². The van der Waals surface area contributed by atoms with E-state index < -0.39 is 11.8 Å². The molecule has 3 nitrogen and oxygen atoms in total. The van der Waals surface area contributed by atoms with E-state index in [2.05, 4.69) is 0 Å². The lowest BCUT2D eigenvalue weighted by Gasteiger charge is -2.06. The molecule has 88 valence electrons. The van der Waals surface area contributed by atoms with Crippen molar-refractivity contribution < 1.29 is 18.7 Å². The topological polar surface area (TPSA) is 35.5 Å². The van der Waals surface area contributed by atoms with Crippen LogP contribution in [-0.2, 0) is 9.47 Å². The third-order valence-corrected chi connectivity index (χ3v) is 2.01. The average molecular weight is 226 g/mol. The van der Waals surface area contributed by atoms with Crippen molar-refractivity contribution in [1.82, 2.24) is 0 Å². The Bertz CT molecular complexity index is 363. The molecule has 0 amide bonds. The van der Waals surface area contributed by atoms with Gasteiger partial charge in [-0.05, 0) is 26.0 Å². The Kier molecular flexibility index (Phi) is 4.92. The number of halogens is 1. The summed E-state index contributed by atoms with van der Waals surface area (Å²) in [5, 5.41) is 0. The second-order valence-electron chi connectivity index (χ2n) is 3.32. The molecule has 0 aliphatic heterocycles. The van der Waals surface area contributed by atoms with Crippen LogP contribution in [0.2, 0.25) is 0 Å². The number of carbonyl (C=O) groups is 1. The van der Waals surface area contributed by atoms with Crippen molar-refractivity contribution in [2.75, 3.05) is 19.8 Å². The van der Waals surface area contributed by atoms with Gasteiger partial charge >= 0.3 is 5.97 Å². The lowest BCUT2D eigenvalue weighted by atomic mass is 10.1. The molecule has 0 radical (unpaired) electrons. The van der Waals surface area contributed by atoms with Crippen molar-refractivity contribution in [2.24, 2.45) is 0 Å². The van der Waals surface area contributed by atoms with Gasteiger partial charge in [0.15, 0.2) is 0 Å². The average Bonchev–Trinajstić information content (AvgIpc) is 2.27. The van der Waals surface area contributed by atoms with Crippen LogP contribution in [0, 0.1) is 12.7 Å². The highest BCUT2D eigenvalue weighted by atomic mass is 19.1. The summed E-state index contributed by atoms with van der Waals surface area (Å²) >= 11 is 0. The van der Waals surface area contributed by atoms with Crippen LogP contribution in [0.15, 0.2) is 18.2 Å². The van der Waals surface area contributed by atoms with Gasteiger partial charge in [0.1, 0.15) is 12.4 Å². The fourth-order valence-electron chi connectivity index (χ4n) is 1.21. The van der Waals surface area contributed by atoms with Crippen molar-refractivity contribution >= 4 is 5.97 Å². The molecule has 1 rings (SSSR count). The van der Waals surface area contributed by atoms with Crippen LogP contribution in [0.4, 0.5) is 4.39 Å². The number of ether oxygens (including phenoxy) is 2. The molecule has 1 aromatic carbocycles. The lowest BCUT2D eigenvalue weighted by molar-refractivity contribution is 0.0331. The Morgan fingerprint density at radius 3 is 2.81 bits per heavy atom. The SMILES string of the molecule is CCOCCOC(=O)c1cc(C)ccc1F. The zero-order valence-corrected chi connectivity index (χ0v) is 9.46. The summed E-state index contributed by atoms with van der Waals surface area (Å²) in [6, 6.07) is 4.33. The zero-order valence-electron chi connectivity index (χ0n) is 9.46. The molecule has 0 atom stereocenters. The van der Waals surface area contributed by atoms with Gasteiger partial charge < -0.3 is 9.47 Å². The number of benzene rings is 1. The standard InChI is InChI=1S/C12H15FO3/c1-3-15-6-7-16-12(14)10-8-9(2)4-5-11(10)13/h4-5,8H,3,6-7H2,1-2H3. The quantitative estimate of drug-likeness (QED) is 0.571. The number of carbonyl (C=O) groups excluding carboxylic acids is 1. The van der Waals surface area contributed by atoms with Crippen LogP contribution in [0.1, 0.15) is 22.8 Å². The highest BCUT2D eigenvalue weighted by Gasteiger charge is 2.12. The first-order valence-corrected chi connectivity index (χ1v) is 5.16. The lowest BCUT2D eigenvalue weighted by Crippen LogP contribution is -2.12. The molecule has 0 aliphatic carbocycles. The van der Waals surface area contributed by atoms with Crippen molar-refractivity contribution in [3.8, 4) is 0 Å². The molecule has 0 spiro atoms. The van der Waals surface area contributed by atoms with E-state index in [-0.39, 0.29) is 12.2 Å². The van der Waals surface area contributed by atoms with Crippen molar-refractivity contribution in [3.05, 3.63) is 35.1 Å². The molecule has 0 saturated carbocycles. The van der Waals surface area contributed by atoms with Crippen molar-refractivity contribution in [1.29, 1.82) is 0 Å². The van der Waals surface area contributed by atoms with Gasteiger partial charge in [0.05, 0.1) is 12.2 Å². The highest BCUT2D eigenvalue weighted by Crippen LogP contribution is 2.11. The third kappa shape index (κ3) is 3.62. The van der Waals surface area contributed by atoms with Crippen LogP contribution in [0.25, 0.3) is 0 Å². The predicted molar refractivity (Wildman–Crippen MR) is 57.9 cm³/mol. The molecule has 1 aromatic rings. The minimum absolute atomic E-state index is 0.0310. The Morgan fingerprint density at radius 2 is 2.12 bits per heavy atom. The number of hydrogen-bond acceptors (Lipinski definition) is 3. The summed E-state index contributed by atoms with van der Waals surface area (Å²) in [6.07, 6.45) is 0. The zero-order chi connectivity index (χ0) is 12.0. The monoisotopic (exact) mass is 226 g/mol. The Morgan fingerprint density at radius 1 is 1.38 bits per heavy atom. The van der Waals surface area contributed by atoms with Crippen molar-refractivity contribution in [2.45, 2.75) is 13.8 Å². The first-order valence-electron chi connectivity index (χ1n) is 5.16. The molecule has 0 aliphatic rings. The predicted octanol–water partition coefficient (Wildman–Crippen LogP) is 2.33. The van der Waals surface area contributed by atoms with Crippen LogP contribution in [-0.4, -0.2) is 25.8 Å². The smallest absolute Gasteiger partial charge is 0.341 e. The number of hydrogen-bond donors (Lipinski definition) is 0. The van der Waals surface area contributed by atoms with Crippen LogP contribution < -0.4 is 0 Å².